The number of anilines is 2. The zero-order valence-electron chi connectivity index (χ0n) is 16.5. The standard InChI is InChI=1S/C22H23FN2O4/c1-28-19-8-6-17(12-20(19)29-2)25-13-15(11-21(25)26)22(27)24-9-3-4-14-10-16(23)5-7-18(14)24/h5-8,10,12,15H,3-4,9,11,13H2,1-2H3. The summed E-state index contributed by atoms with van der Waals surface area (Å²) in [7, 11) is 3.09. The quantitative estimate of drug-likeness (QED) is 0.794. The van der Waals surface area contributed by atoms with Crippen molar-refractivity contribution in [2.24, 2.45) is 5.92 Å². The number of carbonyl (C=O) groups is 2. The van der Waals surface area contributed by atoms with Gasteiger partial charge in [-0.1, -0.05) is 0 Å². The van der Waals surface area contributed by atoms with Crippen LogP contribution in [0.15, 0.2) is 36.4 Å². The third kappa shape index (κ3) is 3.52. The van der Waals surface area contributed by atoms with Gasteiger partial charge in [0.15, 0.2) is 11.5 Å². The normalized spacial score (nSPS) is 18.6. The lowest BCUT2D eigenvalue weighted by atomic mass is 9.99. The highest BCUT2D eigenvalue weighted by molar-refractivity contribution is 6.05. The smallest absolute Gasteiger partial charge is 0.232 e. The number of nitrogens with zero attached hydrogens (tertiary/aromatic N) is 2. The van der Waals surface area contributed by atoms with Gasteiger partial charge in [0.05, 0.1) is 20.1 Å². The van der Waals surface area contributed by atoms with Crippen molar-refractivity contribution < 1.29 is 23.5 Å². The Kier molecular flexibility index (Phi) is 5.13. The molecule has 1 atom stereocenters. The minimum absolute atomic E-state index is 0.0890. The molecule has 0 N–H and O–H groups in total. The first kappa shape index (κ1) is 19.2. The molecule has 0 saturated carbocycles. The van der Waals surface area contributed by atoms with Crippen molar-refractivity contribution >= 4 is 23.2 Å². The second kappa shape index (κ2) is 7.73. The summed E-state index contributed by atoms with van der Waals surface area (Å²) < 4.78 is 24.1. The number of hydrogen-bond acceptors (Lipinski definition) is 4. The van der Waals surface area contributed by atoms with Gasteiger partial charge >= 0.3 is 0 Å². The zero-order valence-corrected chi connectivity index (χ0v) is 16.5. The van der Waals surface area contributed by atoms with E-state index in [2.05, 4.69) is 0 Å². The molecule has 0 aliphatic carbocycles. The van der Waals surface area contributed by atoms with Crippen LogP contribution in [-0.2, 0) is 16.0 Å². The fourth-order valence-electron chi connectivity index (χ4n) is 4.13. The number of aryl methyl sites for hydroxylation is 1. The summed E-state index contributed by atoms with van der Waals surface area (Å²) in [5, 5.41) is 0. The highest BCUT2D eigenvalue weighted by atomic mass is 19.1. The third-order valence-electron chi connectivity index (χ3n) is 5.58. The zero-order chi connectivity index (χ0) is 20.5. The average Bonchev–Trinajstić information content (AvgIpc) is 3.13. The van der Waals surface area contributed by atoms with E-state index in [0.29, 0.717) is 30.3 Å². The van der Waals surface area contributed by atoms with E-state index < -0.39 is 5.92 Å². The van der Waals surface area contributed by atoms with Crippen LogP contribution < -0.4 is 19.3 Å². The van der Waals surface area contributed by atoms with Crippen molar-refractivity contribution in [1.29, 1.82) is 0 Å². The molecule has 1 fully saturated rings. The predicted octanol–water partition coefficient (Wildman–Crippen LogP) is 3.18. The monoisotopic (exact) mass is 398 g/mol. The molecule has 1 unspecified atom stereocenters. The summed E-state index contributed by atoms with van der Waals surface area (Å²) in [6.07, 6.45) is 1.68. The number of methoxy groups -OCH3 is 2. The van der Waals surface area contributed by atoms with Crippen LogP contribution in [0.25, 0.3) is 0 Å². The van der Waals surface area contributed by atoms with Crippen LogP contribution in [-0.4, -0.2) is 39.1 Å². The summed E-state index contributed by atoms with van der Waals surface area (Å²) >= 11 is 0. The number of ether oxygens (including phenoxy) is 2. The first-order valence-corrected chi connectivity index (χ1v) is 9.64. The maximum atomic E-state index is 13.6. The molecule has 2 aliphatic heterocycles. The summed E-state index contributed by atoms with van der Waals surface area (Å²) in [6.45, 7) is 0.888. The molecule has 2 aromatic rings. The maximum Gasteiger partial charge on any atom is 0.232 e. The van der Waals surface area contributed by atoms with Crippen molar-refractivity contribution in [2.75, 3.05) is 37.1 Å². The SMILES string of the molecule is COc1ccc(N2CC(C(=O)N3CCCc4cc(F)ccc43)CC2=O)cc1OC. The Balaban J connectivity index is 1.55. The van der Waals surface area contributed by atoms with Gasteiger partial charge in [-0.3, -0.25) is 9.59 Å². The molecule has 4 rings (SSSR count). The molecule has 152 valence electrons. The number of carbonyl (C=O) groups excluding carboxylic acids is 2. The molecule has 7 heteroatoms. The molecule has 0 radical (unpaired) electrons. The van der Waals surface area contributed by atoms with Gasteiger partial charge in [-0.25, -0.2) is 4.39 Å². The molecule has 2 aromatic carbocycles. The Hall–Kier alpha value is -3.09. The van der Waals surface area contributed by atoms with Crippen LogP contribution in [0.4, 0.5) is 15.8 Å². The Morgan fingerprint density at radius 3 is 2.66 bits per heavy atom. The van der Waals surface area contributed by atoms with E-state index in [1.54, 1.807) is 41.2 Å². The lowest BCUT2D eigenvalue weighted by molar-refractivity contribution is -0.124. The Bertz CT molecular complexity index is 962. The average molecular weight is 398 g/mol. The van der Waals surface area contributed by atoms with Crippen LogP contribution in [0.2, 0.25) is 0 Å². The van der Waals surface area contributed by atoms with E-state index in [1.165, 1.54) is 19.2 Å². The molecule has 6 nitrogen and oxygen atoms in total. The minimum Gasteiger partial charge on any atom is -0.493 e. The largest absolute Gasteiger partial charge is 0.493 e. The van der Waals surface area contributed by atoms with Gasteiger partial charge in [0.2, 0.25) is 11.8 Å². The number of hydrogen-bond donors (Lipinski definition) is 0. The van der Waals surface area contributed by atoms with Crippen molar-refractivity contribution in [2.45, 2.75) is 19.3 Å². The number of benzene rings is 2. The van der Waals surface area contributed by atoms with Crippen molar-refractivity contribution in [3.8, 4) is 11.5 Å². The molecular weight excluding hydrogens is 375 g/mol. The topological polar surface area (TPSA) is 59.1 Å². The Morgan fingerprint density at radius 2 is 1.90 bits per heavy atom. The molecule has 0 aromatic heterocycles. The molecule has 1 saturated heterocycles. The fourth-order valence-corrected chi connectivity index (χ4v) is 4.13. The summed E-state index contributed by atoms with van der Waals surface area (Å²) in [6, 6.07) is 9.79. The second-order valence-electron chi connectivity index (χ2n) is 7.31. The number of fused-ring (bicyclic) bond motifs is 1. The summed E-state index contributed by atoms with van der Waals surface area (Å²) in [5.41, 5.74) is 2.26. The number of amides is 2. The maximum absolute atomic E-state index is 13.6. The molecule has 0 bridgehead atoms. The third-order valence-corrected chi connectivity index (χ3v) is 5.58. The van der Waals surface area contributed by atoms with Crippen LogP contribution in [0.5, 0.6) is 11.5 Å². The van der Waals surface area contributed by atoms with Crippen LogP contribution in [0.3, 0.4) is 0 Å². The fraction of sp³-hybridized carbons (Fsp3) is 0.364. The lowest BCUT2D eigenvalue weighted by Crippen LogP contribution is -2.40. The van der Waals surface area contributed by atoms with Gasteiger partial charge in [-0.05, 0) is 48.7 Å². The van der Waals surface area contributed by atoms with Crippen molar-refractivity contribution in [3.05, 3.63) is 47.8 Å². The van der Waals surface area contributed by atoms with Gasteiger partial charge < -0.3 is 19.3 Å². The molecule has 2 aliphatic rings. The van der Waals surface area contributed by atoms with E-state index in [-0.39, 0.29) is 24.1 Å². The van der Waals surface area contributed by atoms with Crippen LogP contribution >= 0.6 is 0 Å². The van der Waals surface area contributed by atoms with Crippen LogP contribution in [0, 0.1) is 11.7 Å². The minimum atomic E-state index is -0.438. The van der Waals surface area contributed by atoms with Crippen molar-refractivity contribution in [3.63, 3.8) is 0 Å². The van der Waals surface area contributed by atoms with E-state index in [0.717, 1.165) is 24.1 Å². The second-order valence-corrected chi connectivity index (χ2v) is 7.31. The first-order chi connectivity index (χ1) is 14.0. The lowest BCUT2D eigenvalue weighted by Gasteiger charge is -2.31. The van der Waals surface area contributed by atoms with Gasteiger partial charge in [0, 0.05) is 37.0 Å². The Labute approximate surface area is 168 Å². The molecule has 2 amide bonds. The van der Waals surface area contributed by atoms with Crippen LogP contribution in [0.1, 0.15) is 18.4 Å². The van der Waals surface area contributed by atoms with E-state index >= 15 is 0 Å². The molecule has 0 spiro atoms. The van der Waals surface area contributed by atoms with Crippen molar-refractivity contribution in [1.82, 2.24) is 0 Å². The molecular formula is C22H23FN2O4. The molecule has 2 heterocycles. The highest BCUT2D eigenvalue weighted by Gasteiger charge is 2.38. The highest BCUT2D eigenvalue weighted by Crippen LogP contribution is 2.36. The predicted molar refractivity (Wildman–Crippen MR) is 107 cm³/mol. The number of halogens is 1. The van der Waals surface area contributed by atoms with Gasteiger partial charge in [-0.15, -0.1) is 0 Å². The van der Waals surface area contributed by atoms with Gasteiger partial charge in [-0.2, -0.15) is 0 Å². The molecule has 29 heavy (non-hydrogen) atoms. The summed E-state index contributed by atoms with van der Waals surface area (Å²) in [5.74, 6) is 0.174. The van der Waals surface area contributed by atoms with Gasteiger partial charge in [0.25, 0.3) is 0 Å². The van der Waals surface area contributed by atoms with Gasteiger partial charge in [0.1, 0.15) is 5.82 Å². The summed E-state index contributed by atoms with van der Waals surface area (Å²) in [4.78, 5) is 29.2. The first-order valence-electron chi connectivity index (χ1n) is 9.64. The Morgan fingerprint density at radius 1 is 1.10 bits per heavy atom. The van der Waals surface area contributed by atoms with E-state index in [1.807, 2.05) is 0 Å². The van der Waals surface area contributed by atoms with E-state index in [9.17, 15) is 14.0 Å². The van der Waals surface area contributed by atoms with E-state index in [4.69, 9.17) is 9.47 Å². The number of rotatable bonds is 4.